The van der Waals surface area contributed by atoms with Gasteiger partial charge in [0.1, 0.15) is 28.3 Å². The summed E-state index contributed by atoms with van der Waals surface area (Å²) >= 11 is 0. The van der Waals surface area contributed by atoms with Gasteiger partial charge in [0.05, 0.1) is 5.70 Å². The maximum Gasteiger partial charge on any atom is 0.177 e. The van der Waals surface area contributed by atoms with Crippen LogP contribution in [0.4, 0.5) is 0 Å². The van der Waals surface area contributed by atoms with Crippen molar-refractivity contribution >= 4 is 49.4 Å². The second kappa shape index (κ2) is 9.08. The summed E-state index contributed by atoms with van der Waals surface area (Å²) in [4.78, 5) is 5.17. The third kappa shape index (κ3) is 3.52. The molecule has 1 N–H and O–H groups in total. The maximum atomic E-state index is 6.65. The summed E-state index contributed by atoms with van der Waals surface area (Å²) < 4.78 is 13.2. The molecule has 2 aromatic heterocycles. The normalized spacial score (nSPS) is 16.5. The van der Waals surface area contributed by atoms with E-state index in [2.05, 4.69) is 108 Å². The molecule has 0 fully saturated rings. The highest BCUT2D eigenvalue weighted by molar-refractivity contribution is 6.13. The van der Waals surface area contributed by atoms with Crippen LogP contribution in [0, 0.1) is 0 Å². The van der Waals surface area contributed by atoms with E-state index in [0.717, 1.165) is 78.9 Å². The minimum absolute atomic E-state index is 0.202. The van der Waals surface area contributed by atoms with Crippen molar-refractivity contribution in [1.29, 1.82) is 0 Å². The van der Waals surface area contributed by atoms with Crippen molar-refractivity contribution < 1.29 is 8.83 Å². The number of para-hydroxylation sites is 2. The SMILES string of the molecule is C1=CC(C2N=c3c(oc4ccccc34)=C(c3cccc4oc5c(-c6ccc7ccccc7c6)cccc5c34)N2)=CCC1. The third-order valence-corrected chi connectivity index (χ3v) is 8.53. The Balaban J connectivity index is 1.31. The monoisotopic (exact) mass is 542 g/mol. The van der Waals surface area contributed by atoms with Crippen LogP contribution >= 0.6 is 0 Å². The van der Waals surface area contributed by atoms with Gasteiger partial charge in [-0.15, -0.1) is 0 Å². The molecule has 0 radical (unpaired) electrons. The number of benzene rings is 5. The van der Waals surface area contributed by atoms with Crippen LogP contribution in [0.2, 0.25) is 0 Å². The summed E-state index contributed by atoms with van der Waals surface area (Å²) in [5.41, 5.74) is 8.71. The zero-order chi connectivity index (χ0) is 27.6. The van der Waals surface area contributed by atoms with Crippen molar-refractivity contribution in [2.24, 2.45) is 4.99 Å². The first-order valence-electron chi connectivity index (χ1n) is 14.5. The van der Waals surface area contributed by atoms with E-state index in [1.54, 1.807) is 0 Å². The van der Waals surface area contributed by atoms with Crippen LogP contribution in [-0.4, -0.2) is 6.17 Å². The van der Waals surface area contributed by atoms with E-state index in [1.807, 2.05) is 18.2 Å². The molecular formula is C38H26N2O2. The van der Waals surface area contributed by atoms with Gasteiger partial charge in [0, 0.05) is 27.3 Å². The molecule has 42 heavy (non-hydrogen) atoms. The molecule has 1 aliphatic carbocycles. The second-order valence-electron chi connectivity index (χ2n) is 11.0. The Morgan fingerprint density at radius 2 is 1.50 bits per heavy atom. The summed E-state index contributed by atoms with van der Waals surface area (Å²) in [6.07, 6.45) is 8.59. The highest BCUT2D eigenvalue weighted by atomic mass is 16.3. The van der Waals surface area contributed by atoms with E-state index in [1.165, 1.54) is 16.3 Å². The Labute approximate surface area is 241 Å². The summed E-state index contributed by atoms with van der Waals surface area (Å²) in [7, 11) is 0. The molecule has 0 spiro atoms. The molecule has 0 saturated carbocycles. The quantitative estimate of drug-likeness (QED) is 0.245. The van der Waals surface area contributed by atoms with Crippen LogP contribution in [-0.2, 0) is 0 Å². The number of nitrogens with one attached hydrogen (secondary N) is 1. The maximum absolute atomic E-state index is 6.65. The average Bonchev–Trinajstić information content (AvgIpc) is 3.63. The Morgan fingerprint density at radius 1 is 0.690 bits per heavy atom. The first kappa shape index (κ1) is 23.4. The molecular weight excluding hydrogens is 516 g/mol. The molecule has 1 atom stereocenters. The van der Waals surface area contributed by atoms with Crippen molar-refractivity contribution in [2.75, 3.05) is 0 Å². The van der Waals surface area contributed by atoms with Gasteiger partial charge < -0.3 is 14.2 Å². The number of rotatable bonds is 3. The Hall–Kier alpha value is -5.35. The first-order chi connectivity index (χ1) is 20.8. The third-order valence-electron chi connectivity index (χ3n) is 8.53. The van der Waals surface area contributed by atoms with Gasteiger partial charge in [-0.3, -0.25) is 4.99 Å². The van der Waals surface area contributed by atoms with E-state index < -0.39 is 0 Å². The number of nitrogens with zero attached hydrogens (tertiary/aromatic N) is 1. The molecule has 200 valence electrons. The van der Waals surface area contributed by atoms with Crippen LogP contribution in [0.25, 0.3) is 60.5 Å². The molecule has 0 bridgehead atoms. The molecule has 9 rings (SSSR count). The number of allylic oxidation sites excluding steroid dienone is 2. The molecule has 0 saturated heterocycles. The summed E-state index contributed by atoms with van der Waals surface area (Å²) in [5, 5.41) is 10.3. The zero-order valence-electron chi connectivity index (χ0n) is 22.8. The molecule has 0 amide bonds. The van der Waals surface area contributed by atoms with E-state index in [-0.39, 0.29) is 6.17 Å². The molecule has 1 unspecified atom stereocenters. The van der Waals surface area contributed by atoms with Crippen molar-refractivity contribution in [3.05, 3.63) is 143 Å². The highest BCUT2D eigenvalue weighted by Gasteiger charge is 2.25. The van der Waals surface area contributed by atoms with Crippen LogP contribution in [0.1, 0.15) is 18.4 Å². The summed E-state index contributed by atoms with van der Waals surface area (Å²) in [6, 6.07) is 35.9. The fourth-order valence-corrected chi connectivity index (χ4v) is 6.53. The van der Waals surface area contributed by atoms with Gasteiger partial charge >= 0.3 is 0 Å². The van der Waals surface area contributed by atoms with Crippen molar-refractivity contribution in [1.82, 2.24) is 5.32 Å². The van der Waals surface area contributed by atoms with Gasteiger partial charge in [0.25, 0.3) is 0 Å². The van der Waals surface area contributed by atoms with E-state index in [4.69, 9.17) is 13.8 Å². The topological polar surface area (TPSA) is 50.7 Å². The van der Waals surface area contributed by atoms with Crippen LogP contribution in [0.3, 0.4) is 0 Å². The highest BCUT2D eigenvalue weighted by Crippen LogP contribution is 2.39. The number of furan rings is 2. The Bertz CT molecular complexity index is 2400. The van der Waals surface area contributed by atoms with Crippen LogP contribution in [0.5, 0.6) is 0 Å². The first-order valence-corrected chi connectivity index (χ1v) is 14.5. The number of hydrogen-bond donors (Lipinski definition) is 1. The van der Waals surface area contributed by atoms with Crippen LogP contribution < -0.4 is 16.1 Å². The molecule has 4 heteroatoms. The molecule has 7 aromatic rings. The predicted molar refractivity (Wildman–Crippen MR) is 170 cm³/mol. The van der Waals surface area contributed by atoms with Crippen molar-refractivity contribution in [2.45, 2.75) is 19.0 Å². The smallest absolute Gasteiger partial charge is 0.177 e. The lowest BCUT2D eigenvalue weighted by Gasteiger charge is -2.23. The molecule has 2 aliphatic rings. The van der Waals surface area contributed by atoms with Gasteiger partial charge in [-0.05, 0) is 59.0 Å². The van der Waals surface area contributed by atoms with E-state index >= 15 is 0 Å². The molecule has 5 aromatic carbocycles. The fraction of sp³-hybridized carbons (Fsp3) is 0.0789. The molecule has 1 aliphatic heterocycles. The fourth-order valence-electron chi connectivity index (χ4n) is 6.53. The summed E-state index contributed by atoms with van der Waals surface area (Å²) in [6.45, 7) is 0. The van der Waals surface area contributed by atoms with Gasteiger partial charge in [-0.2, -0.15) is 0 Å². The Kier molecular flexibility index (Phi) is 5.05. The predicted octanol–water partition coefficient (Wildman–Crippen LogP) is 8.13. The van der Waals surface area contributed by atoms with Crippen molar-refractivity contribution in [3.63, 3.8) is 0 Å². The molecule has 4 nitrogen and oxygen atoms in total. The standard InChI is InChI=1S/C38H26N2O2/c1-2-11-24(12-3-1)38-39-34-28-14-6-7-18-31(28)41-37(34)35(40-38)29-16-9-19-32-33(29)30-17-8-15-27(36(30)42-32)26-21-20-23-10-4-5-13-25(23)22-26/h2,4-22,38,40H,1,3H2. The van der Waals surface area contributed by atoms with Gasteiger partial charge in [-0.25, -0.2) is 0 Å². The average molecular weight is 543 g/mol. The van der Waals surface area contributed by atoms with E-state index in [9.17, 15) is 0 Å². The van der Waals surface area contributed by atoms with E-state index in [0.29, 0.717) is 0 Å². The zero-order valence-corrected chi connectivity index (χ0v) is 22.8. The van der Waals surface area contributed by atoms with Crippen molar-refractivity contribution in [3.8, 4) is 11.1 Å². The number of fused-ring (bicyclic) bond motifs is 7. The van der Waals surface area contributed by atoms with Gasteiger partial charge in [-0.1, -0.05) is 97.1 Å². The lowest BCUT2D eigenvalue weighted by molar-refractivity contribution is 0.545. The number of hydrogen-bond acceptors (Lipinski definition) is 4. The van der Waals surface area contributed by atoms with Gasteiger partial charge in [0.2, 0.25) is 0 Å². The summed E-state index contributed by atoms with van der Waals surface area (Å²) in [5.74, 6) is 0. The second-order valence-corrected chi connectivity index (χ2v) is 11.0. The van der Waals surface area contributed by atoms with Crippen LogP contribution in [0.15, 0.2) is 141 Å². The minimum Gasteiger partial charge on any atom is -0.455 e. The lowest BCUT2D eigenvalue weighted by atomic mass is 9.97. The Morgan fingerprint density at radius 3 is 2.43 bits per heavy atom. The lowest BCUT2D eigenvalue weighted by Crippen LogP contribution is -2.42. The van der Waals surface area contributed by atoms with Gasteiger partial charge in [0.15, 0.2) is 5.42 Å². The largest absolute Gasteiger partial charge is 0.455 e. The molecule has 3 heterocycles. The minimum atomic E-state index is -0.202.